The van der Waals surface area contributed by atoms with Gasteiger partial charge in [-0.05, 0) is 57.2 Å². The Hall–Kier alpha value is -4.59. The van der Waals surface area contributed by atoms with E-state index in [1.165, 1.54) is 0 Å². The summed E-state index contributed by atoms with van der Waals surface area (Å²) in [5.74, 6) is 0.214. The summed E-state index contributed by atoms with van der Waals surface area (Å²) in [7, 11) is 0. The minimum absolute atomic E-state index is 0.237. The minimum Gasteiger partial charge on any atom is -0.444 e. The summed E-state index contributed by atoms with van der Waals surface area (Å²) < 4.78 is 7.38. The third kappa shape index (κ3) is 8.95. The van der Waals surface area contributed by atoms with Gasteiger partial charge in [0.2, 0.25) is 5.95 Å². The van der Waals surface area contributed by atoms with Gasteiger partial charge in [0.15, 0.2) is 0 Å². The lowest BCUT2D eigenvalue weighted by atomic mass is 10.1. The van der Waals surface area contributed by atoms with Gasteiger partial charge in [0.1, 0.15) is 5.60 Å². The number of para-hydroxylation sites is 1. The van der Waals surface area contributed by atoms with Gasteiger partial charge in [-0.3, -0.25) is 14.7 Å². The number of aromatic nitrogens is 2. The van der Waals surface area contributed by atoms with Crippen LogP contribution < -0.4 is 10.2 Å². The molecule has 228 valence electrons. The predicted molar refractivity (Wildman–Crippen MR) is 176 cm³/mol. The molecule has 0 atom stereocenters. The van der Waals surface area contributed by atoms with Gasteiger partial charge in [-0.1, -0.05) is 76.2 Å². The van der Waals surface area contributed by atoms with Crippen LogP contribution in [-0.2, 0) is 4.74 Å². The van der Waals surface area contributed by atoms with E-state index in [4.69, 9.17) is 9.72 Å². The molecular formula is C35H45N5O3. The monoisotopic (exact) mass is 583 g/mol. The third-order valence-electron chi connectivity index (χ3n) is 6.46. The molecule has 43 heavy (non-hydrogen) atoms. The van der Waals surface area contributed by atoms with Gasteiger partial charge in [0.05, 0.1) is 5.69 Å². The van der Waals surface area contributed by atoms with Crippen molar-refractivity contribution in [2.45, 2.75) is 54.1 Å². The van der Waals surface area contributed by atoms with Crippen molar-refractivity contribution < 1.29 is 14.3 Å². The van der Waals surface area contributed by atoms with Crippen molar-refractivity contribution in [2.75, 3.05) is 36.4 Å². The van der Waals surface area contributed by atoms with E-state index in [0.717, 1.165) is 22.6 Å². The second-order valence-corrected chi connectivity index (χ2v) is 10.5. The number of nitrogens with one attached hydrogen (secondary N) is 1. The fourth-order valence-corrected chi connectivity index (χ4v) is 4.47. The molecule has 1 aliphatic heterocycles. The Morgan fingerprint density at radius 3 is 1.86 bits per heavy atom. The van der Waals surface area contributed by atoms with E-state index in [1.807, 2.05) is 144 Å². The number of rotatable bonds is 5. The molecule has 1 aromatic heterocycles. The lowest BCUT2D eigenvalue weighted by molar-refractivity contribution is 0.0240. The second-order valence-electron chi connectivity index (χ2n) is 10.5. The highest BCUT2D eigenvalue weighted by Crippen LogP contribution is 2.25. The predicted octanol–water partition coefficient (Wildman–Crippen LogP) is 7.90. The Morgan fingerprint density at radius 2 is 1.30 bits per heavy atom. The van der Waals surface area contributed by atoms with E-state index >= 15 is 0 Å². The van der Waals surface area contributed by atoms with Crippen LogP contribution in [0.5, 0.6) is 0 Å². The number of nitrogens with zero attached hydrogens (tertiary/aromatic N) is 4. The van der Waals surface area contributed by atoms with Crippen LogP contribution in [0.2, 0.25) is 0 Å². The van der Waals surface area contributed by atoms with Crippen molar-refractivity contribution in [1.29, 1.82) is 0 Å². The number of anilines is 2. The highest BCUT2D eigenvalue weighted by atomic mass is 16.6. The van der Waals surface area contributed by atoms with Gasteiger partial charge in [-0.25, -0.2) is 9.78 Å². The van der Waals surface area contributed by atoms with Crippen molar-refractivity contribution in [2.24, 2.45) is 0 Å². The molecule has 3 aromatic carbocycles. The van der Waals surface area contributed by atoms with Crippen molar-refractivity contribution >= 4 is 23.6 Å². The number of benzene rings is 3. The number of ether oxygens (including phenoxy) is 1. The molecule has 1 fully saturated rings. The smallest absolute Gasteiger partial charge is 0.410 e. The van der Waals surface area contributed by atoms with Crippen LogP contribution in [0.15, 0.2) is 91.1 Å². The van der Waals surface area contributed by atoms with Gasteiger partial charge in [-0.2, -0.15) is 0 Å². The molecule has 0 spiro atoms. The first-order valence-corrected chi connectivity index (χ1v) is 15.1. The molecule has 2 heterocycles. The first-order chi connectivity index (χ1) is 20.8. The van der Waals surface area contributed by atoms with E-state index in [-0.39, 0.29) is 12.0 Å². The number of carbonyl (C=O) groups is 2. The van der Waals surface area contributed by atoms with Crippen molar-refractivity contribution in [3.05, 3.63) is 96.7 Å². The van der Waals surface area contributed by atoms with Crippen LogP contribution in [-0.4, -0.2) is 58.2 Å². The quantitative estimate of drug-likeness (QED) is 0.258. The Kier molecular flexibility index (Phi) is 11.9. The molecule has 4 aromatic rings. The summed E-state index contributed by atoms with van der Waals surface area (Å²) in [5.41, 5.74) is 3.69. The van der Waals surface area contributed by atoms with Crippen LogP contribution in [0.3, 0.4) is 0 Å². The number of carbonyl (C=O) groups excluding carboxylic acids is 2. The normalized spacial score (nSPS) is 12.7. The molecule has 0 aliphatic carbocycles. The Bertz CT molecular complexity index is 1420. The van der Waals surface area contributed by atoms with Crippen LogP contribution in [0.25, 0.3) is 16.9 Å². The zero-order valence-electron chi connectivity index (χ0n) is 26.5. The lowest BCUT2D eigenvalue weighted by Crippen LogP contribution is -2.50. The van der Waals surface area contributed by atoms with E-state index in [1.54, 1.807) is 4.90 Å². The summed E-state index contributed by atoms with van der Waals surface area (Å²) >= 11 is 0. The maximum Gasteiger partial charge on any atom is 0.410 e. The van der Waals surface area contributed by atoms with Crippen molar-refractivity contribution in [3.63, 3.8) is 0 Å². The molecule has 5 rings (SSSR count). The second kappa shape index (κ2) is 15.6. The molecular weight excluding hydrogens is 538 g/mol. The molecule has 0 bridgehead atoms. The van der Waals surface area contributed by atoms with E-state index in [9.17, 15) is 9.59 Å². The van der Waals surface area contributed by atoms with Gasteiger partial charge in [0, 0.05) is 54.9 Å². The minimum atomic E-state index is -0.508. The summed E-state index contributed by atoms with van der Waals surface area (Å²) in [4.78, 5) is 34.3. The number of hydrogen-bond donors (Lipinski definition) is 1. The number of amides is 2. The average Bonchev–Trinajstić information content (AvgIpc) is 3.47. The van der Waals surface area contributed by atoms with Crippen molar-refractivity contribution in [3.8, 4) is 16.9 Å². The molecule has 1 saturated heterocycles. The zero-order valence-corrected chi connectivity index (χ0v) is 26.5. The average molecular weight is 584 g/mol. The fourth-order valence-electron chi connectivity index (χ4n) is 4.47. The summed E-state index contributed by atoms with van der Waals surface area (Å²) in [6.45, 7) is 16.2. The maximum atomic E-state index is 13.2. The fraction of sp³-hybridized carbons (Fsp3) is 0.343. The van der Waals surface area contributed by atoms with Crippen LogP contribution in [0, 0.1) is 0 Å². The first kappa shape index (κ1) is 32.9. The summed E-state index contributed by atoms with van der Waals surface area (Å²) in [6, 6.07) is 27.2. The van der Waals surface area contributed by atoms with Gasteiger partial charge in [0.25, 0.3) is 5.91 Å². The molecule has 0 unspecified atom stereocenters. The van der Waals surface area contributed by atoms with E-state index in [2.05, 4.69) is 10.2 Å². The maximum absolute atomic E-state index is 13.2. The molecule has 8 heteroatoms. The van der Waals surface area contributed by atoms with Crippen LogP contribution in [0.4, 0.5) is 16.4 Å². The number of imidazole rings is 1. The Labute approximate surface area is 256 Å². The van der Waals surface area contributed by atoms with Gasteiger partial charge >= 0.3 is 6.09 Å². The zero-order chi connectivity index (χ0) is 31.4. The SMILES string of the molecule is CC.CC.CC(C)(C)OC(=O)N1CCN(c2ccc(C(=O)Nc3nc(-c4ccccc4)cn3-c3ccccc3)cc2)CC1. The van der Waals surface area contributed by atoms with E-state index < -0.39 is 5.60 Å². The topological polar surface area (TPSA) is 79.7 Å². The number of hydrogen-bond acceptors (Lipinski definition) is 5. The molecule has 8 nitrogen and oxygen atoms in total. The standard InChI is InChI=1S/C31H33N5O3.2C2H6/c1-31(2,3)39-30(38)35-20-18-34(19-21-35)25-16-14-24(15-17-25)28(37)33-29-32-27(23-10-6-4-7-11-23)22-36(29)26-12-8-5-9-13-26;2*1-2/h4-17,22H,18-21H2,1-3H3,(H,32,33,37);2*1-2H3. The molecule has 0 radical (unpaired) electrons. The first-order valence-electron chi connectivity index (χ1n) is 15.1. The number of piperazine rings is 1. The summed E-state index contributed by atoms with van der Waals surface area (Å²) in [6.07, 6.45) is 1.65. The molecule has 2 amide bonds. The van der Waals surface area contributed by atoms with Gasteiger partial charge < -0.3 is 14.5 Å². The highest BCUT2D eigenvalue weighted by molar-refractivity contribution is 6.03. The molecule has 1 N–H and O–H groups in total. The molecule has 1 aliphatic rings. The Balaban J connectivity index is 0.00000121. The van der Waals surface area contributed by atoms with Crippen LogP contribution in [0.1, 0.15) is 58.8 Å². The van der Waals surface area contributed by atoms with Crippen molar-refractivity contribution in [1.82, 2.24) is 14.5 Å². The third-order valence-corrected chi connectivity index (χ3v) is 6.46. The molecule has 0 saturated carbocycles. The van der Waals surface area contributed by atoms with E-state index in [0.29, 0.717) is 37.7 Å². The van der Waals surface area contributed by atoms with Crippen LogP contribution >= 0.6 is 0 Å². The highest BCUT2D eigenvalue weighted by Gasteiger charge is 2.26. The lowest BCUT2D eigenvalue weighted by Gasteiger charge is -2.36. The Morgan fingerprint density at radius 1 is 0.744 bits per heavy atom. The summed E-state index contributed by atoms with van der Waals surface area (Å²) in [5, 5.41) is 2.99. The van der Waals surface area contributed by atoms with Gasteiger partial charge in [-0.15, -0.1) is 0 Å². The largest absolute Gasteiger partial charge is 0.444 e.